The molecule has 1 N–H and O–H groups in total. The molecule has 0 bridgehead atoms. The van der Waals surface area contributed by atoms with Crippen molar-refractivity contribution in [3.8, 4) is 0 Å². The van der Waals surface area contributed by atoms with E-state index in [1.165, 1.54) is 0 Å². The zero-order valence-electron chi connectivity index (χ0n) is 15.3. The molecule has 2 rings (SSSR count). The van der Waals surface area contributed by atoms with Crippen LogP contribution in [0.3, 0.4) is 0 Å². The molecule has 1 amide bonds. The number of carbonyl (C=O) groups is 3. The molecule has 0 saturated heterocycles. The molecule has 1 aliphatic heterocycles. The van der Waals surface area contributed by atoms with Crippen LogP contribution in [0.25, 0.3) is 0 Å². The molecular formula is C19H25NO5. The van der Waals surface area contributed by atoms with E-state index in [1.807, 2.05) is 6.07 Å². The quantitative estimate of drug-likeness (QED) is 0.845. The molecule has 0 spiro atoms. The Kier molecular flexibility index (Phi) is 5.20. The summed E-state index contributed by atoms with van der Waals surface area (Å²) in [5.41, 5.74) is -0.216. The van der Waals surface area contributed by atoms with Gasteiger partial charge in [-0.25, -0.2) is 4.79 Å². The molecule has 1 aromatic carbocycles. The van der Waals surface area contributed by atoms with Crippen LogP contribution in [-0.2, 0) is 25.5 Å². The minimum atomic E-state index is -0.892. The summed E-state index contributed by atoms with van der Waals surface area (Å²) >= 11 is 0. The molecule has 0 radical (unpaired) electrons. The minimum Gasteiger partial charge on any atom is -0.460 e. The van der Waals surface area contributed by atoms with Gasteiger partial charge in [0.1, 0.15) is 5.60 Å². The average Bonchev–Trinajstić information content (AvgIpc) is 2.51. The second-order valence-corrected chi connectivity index (χ2v) is 7.86. The maximum Gasteiger partial charge on any atom is 0.339 e. The van der Waals surface area contributed by atoms with Gasteiger partial charge in [0.25, 0.3) is 5.91 Å². The summed E-state index contributed by atoms with van der Waals surface area (Å²) in [5, 5.41) is 2.69. The van der Waals surface area contributed by atoms with Crippen LogP contribution < -0.4 is 5.32 Å². The predicted octanol–water partition coefficient (Wildman–Crippen LogP) is 2.25. The molecule has 0 fully saturated rings. The Labute approximate surface area is 147 Å². The standard InChI is InChI=1S/C19H25NO5/c1-18(2,3)25-17(23)19(4,5)11-20-15(21)14-10-12-8-6-7-9-13(12)16(22)24-14/h6-9,14H,10-11H2,1-5H3,(H,20,21)/t14-/m0/s1. The summed E-state index contributed by atoms with van der Waals surface area (Å²) in [4.78, 5) is 36.6. The van der Waals surface area contributed by atoms with Crippen molar-refractivity contribution in [3.63, 3.8) is 0 Å². The lowest BCUT2D eigenvalue weighted by molar-refractivity contribution is -0.165. The van der Waals surface area contributed by atoms with E-state index in [9.17, 15) is 14.4 Å². The molecule has 0 saturated carbocycles. The first-order chi connectivity index (χ1) is 11.5. The lowest BCUT2D eigenvalue weighted by atomic mass is 9.92. The molecule has 1 aliphatic rings. The van der Waals surface area contributed by atoms with E-state index in [-0.39, 0.29) is 6.54 Å². The number of fused-ring (bicyclic) bond motifs is 1. The molecule has 136 valence electrons. The Morgan fingerprint density at radius 1 is 1.20 bits per heavy atom. The lowest BCUT2D eigenvalue weighted by Gasteiger charge is -2.29. The van der Waals surface area contributed by atoms with Crippen LogP contribution in [0.1, 0.15) is 50.5 Å². The van der Waals surface area contributed by atoms with Crippen molar-refractivity contribution in [2.75, 3.05) is 6.54 Å². The predicted molar refractivity (Wildman–Crippen MR) is 92.0 cm³/mol. The topological polar surface area (TPSA) is 81.7 Å². The van der Waals surface area contributed by atoms with E-state index in [1.54, 1.807) is 52.8 Å². The van der Waals surface area contributed by atoms with Gasteiger partial charge in [0.15, 0.2) is 6.10 Å². The van der Waals surface area contributed by atoms with E-state index in [0.717, 1.165) is 5.56 Å². The third-order valence-electron chi connectivity index (χ3n) is 3.84. The Morgan fingerprint density at radius 3 is 2.48 bits per heavy atom. The second-order valence-electron chi connectivity index (χ2n) is 7.86. The van der Waals surface area contributed by atoms with E-state index >= 15 is 0 Å². The van der Waals surface area contributed by atoms with Gasteiger partial charge >= 0.3 is 11.9 Å². The van der Waals surface area contributed by atoms with E-state index in [2.05, 4.69) is 5.32 Å². The molecule has 6 nitrogen and oxygen atoms in total. The summed E-state index contributed by atoms with van der Waals surface area (Å²) in [6.45, 7) is 8.86. The summed E-state index contributed by atoms with van der Waals surface area (Å²) in [5.74, 6) is -1.32. The first-order valence-electron chi connectivity index (χ1n) is 8.30. The molecular weight excluding hydrogens is 322 g/mol. The smallest absolute Gasteiger partial charge is 0.339 e. The fraction of sp³-hybridized carbons (Fsp3) is 0.526. The SMILES string of the molecule is CC(C)(C)OC(=O)C(C)(C)CNC(=O)[C@@H]1Cc2ccccc2C(=O)O1. The van der Waals surface area contributed by atoms with Crippen molar-refractivity contribution in [2.24, 2.45) is 5.41 Å². The lowest BCUT2D eigenvalue weighted by Crippen LogP contribution is -2.47. The highest BCUT2D eigenvalue weighted by Gasteiger charge is 2.35. The number of nitrogens with one attached hydrogen (secondary N) is 1. The van der Waals surface area contributed by atoms with Crippen molar-refractivity contribution < 1.29 is 23.9 Å². The molecule has 0 aromatic heterocycles. The molecule has 0 aliphatic carbocycles. The molecule has 0 unspecified atom stereocenters. The number of esters is 2. The molecule has 25 heavy (non-hydrogen) atoms. The van der Waals surface area contributed by atoms with Crippen LogP contribution >= 0.6 is 0 Å². The van der Waals surface area contributed by atoms with Gasteiger partial charge in [-0.15, -0.1) is 0 Å². The van der Waals surface area contributed by atoms with Crippen molar-refractivity contribution in [3.05, 3.63) is 35.4 Å². The van der Waals surface area contributed by atoms with Crippen LogP contribution in [0.4, 0.5) is 0 Å². The number of benzene rings is 1. The maximum absolute atomic E-state index is 12.4. The number of ether oxygens (including phenoxy) is 2. The van der Waals surface area contributed by atoms with Gasteiger partial charge in [-0.1, -0.05) is 18.2 Å². The highest BCUT2D eigenvalue weighted by molar-refractivity contribution is 5.95. The van der Waals surface area contributed by atoms with Crippen LogP contribution in [0.5, 0.6) is 0 Å². The van der Waals surface area contributed by atoms with Crippen LogP contribution in [0.2, 0.25) is 0 Å². The van der Waals surface area contributed by atoms with Gasteiger partial charge in [-0.2, -0.15) is 0 Å². The Bertz CT molecular complexity index is 687. The largest absolute Gasteiger partial charge is 0.460 e. The van der Waals surface area contributed by atoms with Crippen molar-refractivity contribution in [1.29, 1.82) is 0 Å². The fourth-order valence-corrected chi connectivity index (χ4v) is 2.39. The summed E-state index contributed by atoms with van der Waals surface area (Å²) in [7, 11) is 0. The van der Waals surface area contributed by atoms with Crippen molar-refractivity contribution in [1.82, 2.24) is 5.32 Å². The first-order valence-corrected chi connectivity index (χ1v) is 8.30. The Morgan fingerprint density at radius 2 is 1.84 bits per heavy atom. The van der Waals surface area contributed by atoms with Crippen LogP contribution in [0, 0.1) is 5.41 Å². The normalized spacial score (nSPS) is 17.3. The maximum atomic E-state index is 12.4. The van der Waals surface area contributed by atoms with E-state index in [4.69, 9.17) is 9.47 Å². The van der Waals surface area contributed by atoms with E-state index < -0.39 is 35.0 Å². The molecule has 1 aromatic rings. The van der Waals surface area contributed by atoms with Gasteiger partial charge < -0.3 is 14.8 Å². The number of hydrogen-bond acceptors (Lipinski definition) is 5. The second kappa shape index (κ2) is 6.86. The number of hydrogen-bond donors (Lipinski definition) is 1. The van der Waals surface area contributed by atoms with Gasteiger partial charge in [0, 0.05) is 13.0 Å². The summed E-state index contributed by atoms with van der Waals surface area (Å²) < 4.78 is 10.6. The van der Waals surface area contributed by atoms with Crippen LogP contribution in [-0.4, -0.2) is 36.1 Å². The molecule has 1 atom stereocenters. The monoisotopic (exact) mass is 347 g/mol. The van der Waals surface area contributed by atoms with Gasteiger partial charge in [-0.05, 0) is 46.2 Å². The number of carbonyl (C=O) groups excluding carboxylic acids is 3. The zero-order valence-corrected chi connectivity index (χ0v) is 15.3. The summed E-state index contributed by atoms with van der Waals surface area (Å²) in [6, 6.07) is 7.06. The Balaban J connectivity index is 1.97. The highest BCUT2D eigenvalue weighted by Crippen LogP contribution is 2.22. The van der Waals surface area contributed by atoms with Crippen molar-refractivity contribution >= 4 is 17.8 Å². The third kappa shape index (κ3) is 4.81. The molecule has 6 heteroatoms. The minimum absolute atomic E-state index is 0.0937. The third-order valence-corrected chi connectivity index (χ3v) is 3.84. The first kappa shape index (κ1) is 19.0. The number of amides is 1. The van der Waals surface area contributed by atoms with Gasteiger partial charge in [-0.3, -0.25) is 9.59 Å². The summed E-state index contributed by atoms with van der Waals surface area (Å²) in [6.07, 6.45) is -0.572. The average molecular weight is 347 g/mol. The number of rotatable bonds is 4. The van der Waals surface area contributed by atoms with Crippen molar-refractivity contribution in [2.45, 2.75) is 52.7 Å². The highest BCUT2D eigenvalue weighted by atomic mass is 16.6. The van der Waals surface area contributed by atoms with Crippen LogP contribution in [0.15, 0.2) is 24.3 Å². The number of cyclic esters (lactones) is 1. The zero-order chi connectivity index (χ0) is 18.8. The molecule has 1 heterocycles. The van der Waals surface area contributed by atoms with Gasteiger partial charge in [0.2, 0.25) is 0 Å². The van der Waals surface area contributed by atoms with E-state index in [0.29, 0.717) is 12.0 Å². The fourth-order valence-electron chi connectivity index (χ4n) is 2.39. The van der Waals surface area contributed by atoms with Gasteiger partial charge in [0.05, 0.1) is 11.0 Å². The Hall–Kier alpha value is -2.37.